The van der Waals surface area contributed by atoms with Crippen LogP contribution in [-0.4, -0.2) is 26.9 Å². The zero-order valence-electron chi connectivity index (χ0n) is 11.1. The molecule has 2 aromatic rings. The highest BCUT2D eigenvalue weighted by molar-refractivity contribution is 6.06. The first-order chi connectivity index (χ1) is 10.5. The highest BCUT2D eigenvalue weighted by Gasteiger charge is 2.11. The van der Waals surface area contributed by atoms with Gasteiger partial charge in [-0.15, -0.1) is 0 Å². The van der Waals surface area contributed by atoms with Gasteiger partial charge in [0.05, 0.1) is 11.1 Å². The van der Waals surface area contributed by atoms with E-state index in [0.717, 1.165) is 0 Å². The molecule has 0 unspecified atom stereocenters. The lowest BCUT2D eigenvalue weighted by Crippen LogP contribution is -2.15. The minimum Gasteiger partial charge on any atom is -0.365 e. The smallest absolute Gasteiger partial charge is 0.270 e. The molecule has 0 saturated heterocycles. The summed E-state index contributed by atoms with van der Waals surface area (Å²) in [6.45, 7) is 0. The lowest BCUT2D eigenvalue weighted by atomic mass is 10.2. The van der Waals surface area contributed by atoms with Crippen LogP contribution in [0, 0.1) is 10.1 Å². The van der Waals surface area contributed by atoms with E-state index in [2.05, 4.69) is 15.5 Å². The number of hydrogen-bond donors (Lipinski definition) is 3. The zero-order valence-corrected chi connectivity index (χ0v) is 11.1. The van der Waals surface area contributed by atoms with E-state index >= 15 is 0 Å². The summed E-state index contributed by atoms with van der Waals surface area (Å²) in [4.78, 5) is 32.9. The molecular formula is C13H11N5O4. The number of amides is 2. The molecule has 4 N–H and O–H groups in total. The lowest BCUT2D eigenvalue weighted by molar-refractivity contribution is -0.384. The molecule has 9 heteroatoms. The van der Waals surface area contributed by atoms with Crippen molar-refractivity contribution in [1.82, 2.24) is 10.2 Å². The number of anilines is 1. The number of H-pyrrole nitrogens is 1. The van der Waals surface area contributed by atoms with Crippen molar-refractivity contribution in [3.05, 3.63) is 57.8 Å². The predicted octanol–water partition coefficient (Wildman–Crippen LogP) is 1.07. The molecule has 2 amide bonds. The third-order valence-electron chi connectivity index (χ3n) is 2.66. The second-order valence-electron chi connectivity index (χ2n) is 4.20. The van der Waals surface area contributed by atoms with Crippen molar-refractivity contribution in [1.29, 1.82) is 0 Å². The average Bonchev–Trinajstić information content (AvgIpc) is 2.93. The summed E-state index contributed by atoms with van der Waals surface area (Å²) in [5.74, 6) is -1.19. The maximum Gasteiger partial charge on any atom is 0.270 e. The highest BCUT2D eigenvalue weighted by Crippen LogP contribution is 2.14. The Morgan fingerprint density at radius 1 is 1.41 bits per heavy atom. The summed E-state index contributed by atoms with van der Waals surface area (Å²) < 4.78 is 0. The Kier molecular flexibility index (Phi) is 4.27. The van der Waals surface area contributed by atoms with Gasteiger partial charge in [0, 0.05) is 18.2 Å². The predicted molar refractivity (Wildman–Crippen MR) is 77.9 cm³/mol. The number of benzene rings is 1. The molecule has 0 atom stereocenters. The molecule has 112 valence electrons. The SMILES string of the molecule is NC(=O)c1cn[nH]c1NC(=O)C=Cc1cccc([N+](=O)[O-])c1. The minimum atomic E-state index is -0.730. The number of nitro benzene ring substituents is 1. The van der Waals surface area contributed by atoms with Crippen molar-refractivity contribution in [2.75, 3.05) is 5.32 Å². The summed E-state index contributed by atoms with van der Waals surface area (Å²) in [5, 5.41) is 19.1. The van der Waals surface area contributed by atoms with Crippen LogP contribution >= 0.6 is 0 Å². The number of nitrogens with two attached hydrogens (primary N) is 1. The number of rotatable bonds is 5. The van der Waals surface area contributed by atoms with E-state index in [0.29, 0.717) is 5.56 Å². The average molecular weight is 301 g/mol. The third-order valence-corrected chi connectivity index (χ3v) is 2.66. The summed E-state index contributed by atoms with van der Waals surface area (Å²) in [6, 6.07) is 5.80. The van der Waals surface area contributed by atoms with Crippen LogP contribution in [0.2, 0.25) is 0 Å². The van der Waals surface area contributed by atoms with Crippen LogP contribution < -0.4 is 11.1 Å². The van der Waals surface area contributed by atoms with Crippen molar-refractivity contribution in [3.63, 3.8) is 0 Å². The number of nitrogens with one attached hydrogen (secondary N) is 2. The Balaban J connectivity index is 2.08. The summed E-state index contributed by atoms with van der Waals surface area (Å²) in [7, 11) is 0. The molecule has 0 fully saturated rings. The number of aromatic amines is 1. The fraction of sp³-hybridized carbons (Fsp3) is 0. The number of carbonyl (C=O) groups is 2. The zero-order chi connectivity index (χ0) is 16.1. The number of hydrogen-bond acceptors (Lipinski definition) is 5. The second kappa shape index (κ2) is 6.31. The van der Waals surface area contributed by atoms with E-state index in [1.54, 1.807) is 6.07 Å². The number of carbonyl (C=O) groups excluding carboxylic acids is 2. The fourth-order valence-corrected chi connectivity index (χ4v) is 1.65. The van der Waals surface area contributed by atoms with Gasteiger partial charge in [0.25, 0.3) is 11.6 Å². The Bertz CT molecular complexity index is 765. The van der Waals surface area contributed by atoms with Crippen molar-refractivity contribution in [2.45, 2.75) is 0 Å². The molecule has 9 nitrogen and oxygen atoms in total. The van der Waals surface area contributed by atoms with Crippen LogP contribution in [0.25, 0.3) is 6.08 Å². The molecule has 0 saturated carbocycles. The monoisotopic (exact) mass is 301 g/mol. The Morgan fingerprint density at radius 2 is 2.18 bits per heavy atom. The second-order valence-corrected chi connectivity index (χ2v) is 4.20. The van der Waals surface area contributed by atoms with E-state index in [1.165, 1.54) is 36.5 Å². The van der Waals surface area contributed by atoms with Gasteiger partial charge in [0.1, 0.15) is 11.4 Å². The molecule has 1 heterocycles. The molecule has 0 aliphatic carbocycles. The normalized spacial score (nSPS) is 10.5. The number of non-ortho nitro benzene ring substituents is 1. The standard InChI is InChI=1S/C13H11N5O4/c14-12(20)10-7-15-17-13(10)16-11(19)5-4-8-2-1-3-9(6-8)18(21)22/h1-7H,(H2,14,20)(H2,15,16,17,19). The van der Waals surface area contributed by atoms with Gasteiger partial charge in [-0.1, -0.05) is 12.1 Å². The molecule has 1 aromatic heterocycles. The largest absolute Gasteiger partial charge is 0.365 e. The first-order valence-electron chi connectivity index (χ1n) is 6.04. The van der Waals surface area contributed by atoms with E-state index in [4.69, 9.17) is 5.73 Å². The first kappa shape index (κ1) is 14.9. The van der Waals surface area contributed by atoms with Gasteiger partial charge in [-0.25, -0.2) is 0 Å². The molecule has 0 bridgehead atoms. The molecule has 2 rings (SSSR count). The Morgan fingerprint density at radius 3 is 2.86 bits per heavy atom. The molecule has 22 heavy (non-hydrogen) atoms. The lowest BCUT2D eigenvalue weighted by Gasteiger charge is -2.00. The van der Waals surface area contributed by atoms with Crippen molar-refractivity contribution < 1.29 is 14.5 Å². The van der Waals surface area contributed by atoms with Gasteiger partial charge in [-0.3, -0.25) is 24.8 Å². The van der Waals surface area contributed by atoms with Gasteiger partial charge < -0.3 is 11.1 Å². The minimum absolute atomic E-state index is 0.0529. The number of nitro groups is 1. The number of nitrogens with zero attached hydrogens (tertiary/aromatic N) is 2. The maximum atomic E-state index is 11.7. The maximum absolute atomic E-state index is 11.7. The molecule has 0 aliphatic heterocycles. The first-order valence-corrected chi connectivity index (χ1v) is 6.04. The number of primary amides is 1. The number of aromatic nitrogens is 2. The van der Waals surface area contributed by atoms with Gasteiger partial charge in [-0.05, 0) is 11.6 Å². The van der Waals surface area contributed by atoms with E-state index in [-0.39, 0.29) is 17.1 Å². The van der Waals surface area contributed by atoms with E-state index < -0.39 is 16.7 Å². The Labute approximate surface area is 124 Å². The van der Waals surface area contributed by atoms with E-state index in [1.807, 2.05) is 0 Å². The van der Waals surface area contributed by atoms with Crippen LogP contribution in [0.5, 0.6) is 0 Å². The summed E-state index contributed by atoms with van der Waals surface area (Å²) in [5.41, 5.74) is 5.58. The molecule has 1 aromatic carbocycles. The van der Waals surface area contributed by atoms with Crippen molar-refractivity contribution in [3.8, 4) is 0 Å². The van der Waals surface area contributed by atoms with Crippen molar-refractivity contribution in [2.24, 2.45) is 5.73 Å². The third kappa shape index (κ3) is 3.54. The van der Waals surface area contributed by atoms with Gasteiger partial charge >= 0.3 is 0 Å². The van der Waals surface area contributed by atoms with Crippen LogP contribution in [0.1, 0.15) is 15.9 Å². The summed E-state index contributed by atoms with van der Waals surface area (Å²) >= 11 is 0. The Hall–Kier alpha value is -3.49. The molecule has 0 aliphatic rings. The quantitative estimate of drug-likeness (QED) is 0.429. The van der Waals surface area contributed by atoms with E-state index in [9.17, 15) is 19.7 Å². The molecule has 0 spiro atoms. The topological polar surface area (TPSA) is 144 Å². The van der Waals surface area contributed by atoms with Crippen LogP contribution in [0.3, 0.4) is 0 Å². The van der Waals surface area contributed by atoms with Gasteiger partial charge in [-0.2, -0.15) is 5.10 Å². The summed E-state index contributed by atoms with van der Waals surface area (Å²) in [6.07, 6.45) is 3.77. The van der Waals surface area contributed by atoms with Crippen LogP contribution in [0.15, 0.2) is 36.5 Å². The molecular weight excluding hydrogens is 290 g/mol. The van der Waals surface area contributed by atoms with Crippen LogP contribution in [0.4, 0.5) is 11.5 Å². The van der Waals surface area contributed by atoms with Gasteiger partial charge in [0.2, 0.25) is 5.91 Å². The van der Waals surface area contributed by atoms with Crippen LogP contribution in [-0.2, 0) is 4.79 Å². The highest BCUT2D eigenvalue weighted by atomic mass is 16.6. The fourth-order valence-electron chi connectivity index (χ4n) is 1.65. The van der Waals surface area contributed by atoms with Crippen molar-refractivity contribution >= 4 is 29.4 Å². The molecule has 0 radical (unpaired) electrons. The van der Waals surface area contributed by atoms with Gasteiger partial charge in [0.15, 0.2) is 0 Å².